The van der Waals surface area contributed by atoms with Gasteiger partial charge in [0.1, 0.15) is 0 Å². The average molecular weight is 238 g/mol. The van der Waals surface area contributed by atoms with Gasteiger partial charge in [-0.25, -0.2) is 0 Å². The third-order valence-corrected chi connectivity index (χ3v) is 2.25. The molecule has 0 fully saturated rings. The van der Waals surface area contributed by atoms with Gasteiger partial charge in [-0.1, -0.05) is 46.0 Å². The SMILES string of the molecule is CNCC#Cc1ccccc1CBr. The number of rotatable bonds is 2. The van der Waals surface area contributed by atoms with Crippen molar-refractivity contribution in [3.05, 3.63) is 35.4 Å². The van der Waals surface area contributed by atoms with Crippen LogP contribution in [0.5, 0.6) is 0 Å². The van der Waals surface area contributed by atoms with Crippen LogP contribution in [0.4, 0.5) is 0 Å². The minimum atomic E-state index is 0.733. The Bertz CT molecular complexity index is 322. The zero-order chi connectivity index (χ0) is 9.52. The summed E-state index contributed by atoms with van der Waals surface area (Å²) in [7, 11) is 1.89. The van der Waals surface area contributed by atoms with E-state index in [1.165, 1.54) is 5.56 Å². The van der Waals surface area contributed by atoms with Gasteiger partial charge in [0.25, 0.3) is 0 Å². The fourth-order valence-corrected chi connectivity index (χ4v) is 1.48. The molecule has 0 saturated carbocycles. The summed E-state index contributed by atoms with van der Waals surface area (Å²) in [6.07, 6.45) is 0. The Morgan fingerprint density at radius 2 is 2.15 bits per heavy atom. The molecule has 0 aliphatic carbocycles. The van der Waals surface area contributed by atoms with E-state index in [2.05, 4.69) is 39.2 Å². The number of hydrogen-bond acceptors (Lipinski definition) is 1. The van der Waals surface area contributed by atoms with Crippen molar-refractivity contribution in [3.63, 3.8) is 0 Å². The molecule has 1 rings (SSSR count). The van der Waals surface area contributed by atoms with E-state index in [9.17, 15) is 0 Å². The van der Waals surface area contributed by atoms with Crippen LogP contribution in [0.1, 0.15) is 11.1 Å². The zero-order valence-electron chi connectivity index (χ0n) is 7.60. The van der Waals surface area contributed by atoms with Crippen LogP contribution < -0.4 is 5.32 Å². The van der Waals surface area contributed by atoms with Gasteiger partial charge in [0.15, 0.2) is 0 Å². The lowest BCUT2D eigenvalue weighted by atomic mass is 10.1. The lowest BCUT2D eigenvalue weighted by molar-refractivity contribution is 0.938. The van der Waals surface area contributed by atoms with Crippen LogP contribution in [0.25, 0.3) is 0 Å². The van der Waals surface area contributed by atoms with E-state index in [-0.39, 0.29) is 0 Å². The van der Waals surface area contributed by atoms with Crippen molar-refractivity contribution in [1.29, 1.82) is 0 Å². The molecule has 0 saturated heterocycles. The largest absolute Gasteiger partial charge is 0.309 e. The summed E-state index contributed by atoms with van der Waals surface area (Å²) < 4.78 is 0. The Labute approximate surface area is 87.7 Å². The van der Waals surface area contributed by atoms with Crippen LogP contribution in [-0.4, -0.2) is 13.6 Å². The second kappa shape index (κ2) is 5.80. The van der Waals surface area contributed by atoms with Gasteiger partial charge < -0.3 is 5.32 Å². The molecule has 0 spiro atoms. The van der Waals surface area contributed by atoms with E-state index in [4.69, 9.17) is 0 Å². The number of benzene rings is 1. The van der Waals surface area contributed by atoms with Crippen molar-refractivity contribution in [2.75, 3.05) is 13.6 Å². The molecule has 0 aliphatic rings. The molecule has 0 heterocycles. The molecular formula is C11H12BrN. The second-order valence-corrected chi connectivity index (χ2v) is 3.18. The molecule has 68 valence electrons. The lowest BCUT2D eigenvalue weighted by Gasteiger charge is -1.97. The quantitative estimate of drug-likeness (QED) is 0.615. The first-order valence-electron chi connectivity index (χ1n) is 4.16. The highest BCUT2D eigenvalue weighted by atomic mass is 79.9. The van der Waals surface area contributed by atoms with Gasteiger partial charge in [0, 0.05) is 10.9 Å². The van der Waals surface area contributed by atoms with Crippen LogP contribution in [-0.2, 0) is 5.33 Å². The van der Waals surface area contributed by atoms with Gasteiger partial charge >= 0.3 is 0 Å². The summed E-state index contributed by atoms with van der Waals surface area (Å²) in [6, 6.07) is 8.16. The number of hydrogen-bond donors (Lipinski definition) is 1. The molecule has 0 unspecified atom stereocenters. The standard InChI is InChI=1S/C11H12BrN/c1-13-8-4-7-10-5-2-3-6-11(10)9-12/h2-3,5-6,13H,8-9H2,1H3. The molecule has 0 atom stereocenters. The minimum absolute atomic E-state index is 0.733. The van der Waals surface area contributed by atoms with Gasteiger partial charge in [-0.3, -0.25) is 0 Å². The molecule has 13 heavy (non-hydrogen) atoms. The van der Waals surface area contributed by atoms with Crippen molar-refractivity contribution in [2.45, 2.75) is 5.33 Å². The second-order valence-electron chi connectivity index (χ2n) is 2.62. The van der Waals surface area contributed by atoms with E-state index >= 15 is 0 Å². The maximum Gasteiger partial charge on any atom is 0.0577 e. The van der Waals surface area contributed by atoms with Crippen LogP contribution in [0.15, 0.2) is 24.3 Å². The van der Waals surface area contributed by atoms with Gasteiger partial charge in [0.05, 0.1) is 6.54 Å². The highest BCUT2D eigenvalue weighted by Gasteiger charge is 1.94. The highest BCUT2D eigenvalue weighted by Crippen LogP contribution is 2.10. The normalized spacial score (nSPS) is 9.08. The predicted molar refractivity (Wildman–Crippen MR) is 59.9 cm³/mol. The Kier molecular flexibility index (Phi) is 4.59. The fraction of sp³-hybridized carbons (Fsp3) is 0.273. The van der Waals surface area contributed by atoms with E-state index in [1.54, 1.807) is 0 Å². The smallest absolute Gasteiger partial charge is 0.0577 e. The van der Waals surface area contributed by atoms with Crippen LogP contribution in [0.2, 0.25) is 0 Å². The summed E-state index contributed by atoms with van der Waals surface area (Å²) >= 11 is 3.43. The Morgan fingerprint density at radius 3 is 2.85 bits per heavy atom. The molecule has 0 radical (unpaired) electrons. The van der Waals surface area contributed by atoms with Crippen LogP contribution in [0.3, 0.4) is 0 Å². The van der Waals surface area contributed by atoms with Gasteiger partial charge in [0.2, 0.25) is 0 Å². The monoisotopic (exact) mass is 237 g/mol. The molecular weight excluding hydrogens is 226 g/mol. The van der Waals surface area contributed by atoms with Crippen molar-refractivity contribution in [2.24, 2.45) is 0 Å². The number of alkyl halides is 1. The van der Waals surface area contributed by atoms with E-state index in [0.29, 0.717) is 0 Å². The lowest BCUT2D eigenvalue weighted by Crippen LogP contribution is -2.04. The molecule has 0 amide bonds. The summed E-state index contributed by atoms with van der Waals surface area (Å²) in [5.74, 6) is 6.17. The summed E-state index contributed by atoms with van der Waals surface area (Å²) in [5.41, 5.74) is 2.35. The topological polar surface area (TPSA) is 12.0 Å². The average Bonchev–Trinajstić information content (AvgIpc) is 2.19. The van der Waals surface area contributed by atoms with Gasteiger partial charge in [-0.15, -0.1) is 0 Å². The summed E-state index contributed by atoms with van der Waals surface area (Å²) in [5, 5.41) is 3.85. The van der Waals surface area contributed by atoms with Crippen molar-refractivity contribution in [1.82, 2.24) is 5.32 Å². The zero-order valence-corrected chi connectivity index (χ0v) is 9.19. The number of halogens is 1. The molecule has 2 heteroatoms. The first kappa shape index (κ1) is 10.3. The molecule has 0 aliphatic heterocycles. The van der Waals surface area contributed by atoms with Crippen LogP contribution >= 0.6 is 15.9 Å². The first-order chi connectivity index (χ1) is 6.38. The Balaban J connectivity index is 2.82. The molecule has 1 aromatic carbocycles. The molecule has 1 nitrogen and oxygen atoms in total. The molecule has 0 bridgehead atoms. The predicted octanol–water partition coefficient (Wildman–Crippen LogP) is 2.15. The fourth-order valence-electron chi connectivity index (χ4n) is 0.987. The van der Waals surface area contributed by atoms with Gasteiger partial charge in [-0.05, 0) is 18.7 Å². The van der Waals surface area contributed by atoms with Crippen molar-refractivity contribution >= 4 is 15.9 Å². The van der Waals surface area contributed by atoms with Crippen molar-refractivity contribution in [3.8, 4) is 11.8 Å². The third-order valence-electron chi connectivity index (χ3n) is 1.65. The van der Waals surface area contributed by atoms with Crippen molar-refractivity contribution < 1.29 is 0 Å². The van der Waals surface area contributed by atoms with E-state index in [1.807, 2.05) is 25.2 Å². The molecule has 1 N–H and O–H groups in total. The number of nitrogens with one attached hydrogen (secondary N) is 1. The first-order valence-corrected chi connectivity index (χ1v) is 5.28. The maximum atomic E-state index is 3.43. The van der Waals surface area contributed by atoms with Gasteiger partial charge in [-0.2, -0.15) is 0 Å². The van der Waals surface area contributed by atoms with Crippen LogP contribution in [0, 0.1) is 11.8 Å². The minimum Gasteiger partial charge on any atom is -0.309 e. The van der Waals surface area contributed by atoms with E-state index in [0.717, 1.165) is 17.4 Å². The maximum absolute atomic E-state index is 3.43. The third kappa shape index (κ3) is 3.22. The van der Waals surface area contributed by atoms with E-state index < -0.39 is 0 Å². The molecule has 0 aromatic heterocycles. The highest BCUT2D eigenvalue weighted by molar-refractivity contribution is 9.08. The molecule has 1 aromatic rings. The summed E-state index contributed by atoms with van der Waals surface area (Å²) in [4.78, 5) is 0. The Hall–Kier alpha value is -0.780. The Morgan fingerprint density at radius 1 is 1.38 bits per heavy atom. The summed E-state index contributed by atoms with van der Waals surface area (Å²) in [6.45, 7) is 0.733.